The average Bonchev–Trinajstić information content (AvgIpc) is 3.32. The number of hydrogen-bond acceptors (Lipinski definition) is 12. The van der Waals surface area contributed by atoms with E-state index in [0.717, 1.165) is 0 Å². The molecule has 0 saturated heterocycles. The minimum atomic E-state index is -0.952. The lowest BCUT2D eigenvalue weighted by molar-refractivity contribution is -0.144. The van der Waals surface area contributed by atoms with Gasteiger partial charge in [-0.2, -0.15) is 0 Å². The van der Waals surface area contributed by atoms with Crippen LogP contribution in [0.4, 0.5) is 0 Å². The Labute approximate surface area is 411 Å². The quantitative estimate of drug-likeness (QED) is 0.0604. The first-order valence-electron chi connectivity index (χ1n) is 23.1. The Bertz CT molecular complexity index is 2330. The van der Waals surface area contributed by atoms with Gasteiger partial charge in [-0.25, -0.2) is 19.2 Å². The van der Waals surface area contributed by atoms with Crippen LogP contribution in [0, 0.1) is 47.4 Å². The van der Waals surface area contributed by atoms with Crippen LogP contribution in [0.5, 0.6) is 0 Å². The standard InChI is InChI=1S/C54H66N4O12/c1-31(2)25-43(51(63)67-9)55-47(59)39-21-23-41(49(61)57-45(27-33(5)6)53(65)69-11)37(29-39)19-17-35-13-15-36(16-14-35)18-20-38-30-40(48(60)56-44(26-32(3)4)52(64)68-10)22-24-42(38)50(62)58-46(28-34(7)8)54(66)70-12/h13-16,21-24,29-34,43-46H,25-28H2,1-12H3,(H,55,59)(H,56,60)(H,57,61)(H,58,62). The Balaban J connectivity index is 2.10. The number of carbonyl (C=O) groups excluding carboxylic acids is 8. The second-order valence-electron chi connectivity index (χ2n) is 18.3. The molecule has 4 N–H and O–H groups in total. The van der Waals surface area contributed by atoms with Crippen LogP contribution in [0.15, 0.2) is 60.7 Å². The van der Waals surface area contributed by atoms with Crippen molar-refractivity contribution in [2.75, 3.05) is 28.4 Å². The van der Waals surface area contributed by atoms with Gasteiger partial charge < -0.3 is 40.2 Å². The summed E-state index contributed by atoms with van der Waals surface area (Å²) in [5, 5.41) is 10.9. The molecule has 0 aromatic heterocycles. The van der Waals surface area contributed by atoms with Crippen molar-refractivity contribution >= 4 is 47.5 Å². The van der Waals surface area contributed by atoms with Crippen molar-refractivity contribution in [3.63, 3.8) is 0 Å². The van der Waals surface area contributed by atoms with Crippen LogP contribution in [0.1, 0.15) is 145 Å². The van der Waals surface area contributed by atoms with E-state index in [4.69, 9.17) is 18.9 Å². The van der Waals surface area contributed by atoms with E-state index in [1.54, 1.807) is 24.3 Å². The molecule has 374 valence electrons. The Morgan fingerprint density at radius 1 is 0.386 bits per heavy atom. The Morgan fingerprint density at radius 2 is 0.643 bits per heavy atom. The minimum Gasteiger partial charge on any atom is -0.467 e. The van der Waals surface area contributed by atoms with Crippen LogP contribution >= 0.6 is 0 Å². The van der Waals surface area contributed by atoms with Crippen molar-refractivity contribution in [2.24, 2.45) is 23.7 Å². The second kappa shape index (κ2) is 27.5. The molecule has 4 atom stereocenters. The van der Waals surface area contributed by atoms with Gasteiger partial charge in [0.05, 0.1) is 39.6 Å². The maximum Gasteiger partial charge on any atom is 0.328 e. The number of amides is 4. The summed E-state index contributed by atoms with van der Waals surface area (Å²) in [5.41, 5.74) is 1.67. The first-order valence-corrected chi connectivity index (χ1v) is 23.1. The fraction of sp³-hybridized carbons (Fsp3) is 0.444. The topological polar surface area (TPSA) is 222 Å². The Morgan fingerprint density at radius 3 is 0.886 bits per heavy atom. The highest BCUT2D eigenvalue weighted by Gasteiger charge is 2.29. The van der Waals surface area contributed by atoms with Crippen LogP contribution in [-0.4, -0.2) is 100 Å². The van der Waals surface area contributed by atoms with Gasteiger partial charge in [-0.3, -0.25) is 19.2 Å². The SMILES string of the molecule is COC(=O)C(CC(C)C)NC(=O)c1ccc(C(=O)NC(CC(C)C)C(=O)OC)c(C#Cc2ccc(C#Cc3cc(C(=O)NC(CC(C)C)C(=O)OC)ccc3C(=O)NC(CC(C)C)C(=O)OC)cc2)c1. The number of nitrogens with one attached hydrogen (secondary N) is 4. The number of methoxy groups -OCH3 is 4. The van der Waals surface area contributed by atoms with Crippen molar-refractivity contribution in [3.8, 4) is 23.7 Å². The third-order valence-electron chi connectivity index (χ3n) is 10.6. The molecule has 4 amide bonds. The van der Waals surface area contributed by atoms with Gasteiger partial charge in [0, 0.05) is 33.4 Å². The van der Waals surface area contributed by atoms with Crippen LogP contribution in [0.25, 0.3) is 0 Å². The Hall–Kier alpha value is -7.46. The molecule has 4 unspecified atom stereocenters. The highest BCUT2D eigenvalue weighted by Crippen LogP contribution is 2.18. The number of hydrogen-bond donors (Lipinski definition) is 4. The molecule has 3 aromatic carbocycles. The first-order chi connectivity index (χ1) is 33.1. The zero-order valence-electron chi connectivity index (χ0n) is 42.1. The van der Waals surface area contributed by atoms with Crippen LogP contribution in [0.3, 0.4) is 0 Å². The van der Waals surface area contributed by atoms with Gasteiger partial charge in [0.25, 0.3) is 23.6 Å². The fourth-order valence-electron chi connectivity index (χ4n) is 7.16. The highest BCUT2D eigenvalue weighted by atomic mass is 16.5. The lowest BCUT2D eigenvalue weighted by Gasteiger charge is -2.20. The van der Waals surface area contributed by atoms with Crippen molar-refractivity contribution in [3.05, 3.63) is 105 Å². The minimum absolute atomic E-state index is 0.0383. The summed E-state index contributed by atoms with van der Waals surface area (Å²) in [7, 11) is 4.94. The van der Waals surface area contributed by atoms with Gasteiger partial charge in [-0.15, -0.1) is 0 Å². The van der Waals surface area contributed by atoms with E-state index in [2.05, 4.69) is 44.9 Å². The maximum atomic E-state index is 13.8. The molecule has 3 aromatic rings. The third kappa shape index (κ3) is 17.6. The summed E-state index contributed by atoms with van der Waals surface area (Å²) in [6, 6.07) is 11.5. The van der Waals surface area contributed by atoms with Crippen molar-refractivity contribution in [1.82, 2.24) is 21.3 Å². The van der Waals surface area contributed by atoms with Gasteiger partial charge in [0.15, 0.2) is 0 Å². The molecule has 0 spiro atoms. The molecule has 0 radical (unpaired) electrons. The number of rotatable bonds is 20. The van der Waals surface area contributed by atoms with E-state index < -0.39 is 71.7 Å². The molecule has 16 heteroatoms. The van der Waals surface area contributed by atoms with Gasteiger partial charge in [0.1, 0.15) is 24.2 Å². The Kier molecular flexibility index (Phi) is 22.4. The molecule has 0 bridgehead atoms. The predicted molar refractivity (Wildman–Crippen MR) is 262 cm³/mol. The molecule has 0 aliphatic carbocycles. The molecule has 0 heterocycles. The van der Waals surface area contributed by atoms with Crippen molar-refractivity contribution in [1.29, 1.82) is 0 Å². The van der Waals surface area contributed by atoms with Gasteiger partial charge in [-0.05, 0) is 110 Å². The van der Waals surface area contributed by atoms with Crippen LogP contribution in [-0.2, 0) is 38.1 Å². The smallest absolute Gasteiger partial charge is 0.328 e. The number of benzene rings is 3. The summed E-state index contributed by atoms with van der Waals surface area (Å²) >= 11 is 0. The van der Waals surface area contributed by atoms with Gasteiger partial charge in [-0.1, -0.05) is 79.1 Å². The van der Waals surface area contributed by atoms with Crippen molar-refractivity contribution in [2.45, 2.75) is 105 Å². The lowest BCUT2D eigenvalue weighted by Crippen LogP contribution is -2.43. The molecular formula is C54H66N4O12. The maximum absolute atomic E-state index is 13.8. The summed E-state index contributed by atoms with van der Waals surface area (Å²) in [5.74, 6) is 7.33. The van der Waals surface area contributed by atoms with E-state index >= 15 is 0 Å². The predicted octanol–water partition coefficient (Wildman–Crippen LogP) is 5.76. The van der Waals surface area contributed by atoms with E-state index in [0.29, 0.717) is 36.8 Å². The fourth-order valence-corrected chi connectivity index (χ4v) is 7.16. The monoisotopic (exact) mass is 962 g/mol. The summed E-state index contributed by atoms with van der Waals surface area (Å²) in [6.07, 6.45) is 1.26. The number of esters is 4. The number of ether oxygens (including phenoxy) is 4. The molecular weight excluding hydrogens is 897 g/mol. The van der Waals surface area contributed by atoms with Gasteiger partial charge >= 0.3 is 23.9 Å². The molecule has 70 heavy (non-hydrogen) atoms. The molecule has 0 fully saturated rings. The summed E-state index contributed by atoms with van der Waals surface area (Å²) in [4.78, 5) is 105. The molecule has 3 rings (SSSR count). The third-order valence-corrected chi connectivity index (χ3v) is 10.6. The summed E-state index contributed by atoms with van der Waals surface area (Å²) < 4.78 is 19.7. The lowest BCUT2D eigenvalue weighted by atomic mass is 9.99. The average molecular weight is 963 g/mol. The second-order valence-corrected chi connectivity index (χ2v) is 18.3. The van der Waals surface area contributed by atoms with Crippen LogP contribution in [0.2, 0.25) is 0 Å². The highest BCUT2D eigenvalue weighted by molar-refractivity contribution is 6.03. The van der Waals surface area contributed by atoms with Gasteiger partial charge in [0.2, 0.25) is 0 Å². The zero-order valence-corrected chi connectivity index (χ0v) is 42.1. The molecule has 0 aliphatic rings. The largest absolute Gasteiger partial charge is 0.467 e. The van der Waals surface area contributed by atoms with E-state index in [1.807, 2.05) is 55.4 Å². The first kappa shape index (κ1) is 56.9. The van der Waals surface area contributed by atoms with Crippen molar-refractivity contribution < 1.29 is 57.3 Å². The number of carbonyl (C=O) groups is 8. The van der Waals surface area contributed by atoms with E-state index in [9.17, 15) is 38.4 Å². The normalized spacial score (nSPS) is 12.5. The van der Waals surface area contributed by atoms with E-state index in [1.165, 1.54) is 64.8 Å². The molecule has 0 saturated carbocycles. The van der Waals surface area contributed by atoms with E-state index in [-0.39, 0.29) is 57.1 Å². The molecule has 16 nitrogen and oxygen atoms in total. The van der Waals surface area contributed by atoms with Crippen LogP contribution < -0.4 is 21.3 Å². The zero-order chi connectivity index (χ0) is 52.2. The molecule has 0 aliphatic heterocycles. The summed E-state index contributed by atoms with van der Waals surface area (Å²) in [6.45, 7) is 15.2.